The number of halogens is 3. The van der Waals surface area contributed by atoms with E-state index in [-0.39, 0.29) is 6.42 Å². The van der Waals surface area contributed by atoms with Crippen LogP contribution in [0.1, 0.15) is 17.9 Å². The molecule has 1 rings (SSSR count). The second-order valence-electron chi connectivity index (χ2n) is 2.53. The molecule has 0 aliphatic heterocycles. The van der Waals surface area contributed by atoms with Gasteiger partial charge in [0.25, 0.3) is 0 Å². The van der Waals surface area contributed by atoms with Gasteiger partial charge in [0.15, 0.2) is 0 Å². The van der Waals surface area contributed by atoms with E-state index in [1.54, 1.807) is 6.92 Å². The molecule has 0 unspecified atom stereocenters. The lowest BCUT2D eigenvalue weighted by molar-refractivity contribution is -0.134. The Morgan fingerprint density at radius 2 is 2.17 bits per heavy atom. The summed E-state index contributed by atoms with van der Waals surface area (Å²) in [5.41, 5.74) is 0.407. The number of hydrogen-bond acceptors (Lipinski definition) is 1. The van der Waals surface area contributed by atoms with Crippen LogP contribution in [0.15, 0.2) is 0 Å². The maximum Gasteiger partial charge on any atom is 0.389 e. The van der Waals surface area contributed by atoms with Gasteiger partial charge in [-0.2, -0.15) is 13.2 Å². The van der Waals surface area contributed by atoms with E-state index in [4.69, 9.17) is 0 Å². The highest BCUT2D eigenvalue weighted by Gasteiger charge is 2.26. The number of rotatable bonds is 2. The fourth-order valence-corrected chi connectivity index (χ4v) is 0.811. The maximum atomic E-state index is 11.7. The van der Waals surface area contributed by atoms with Gasteiger partial charge >= 0.3 is 6.18 Å². The van der Waals surface area contributed by atoms with Crippen molar-refractivity contribution < 1.29 is 13.2 Å². The highest BCUT2D eigenvalue weighted by Crippen LogP contribution is 2.21. The van der Waals surface area contributed by atoms with E-state index in [2.05, 4.69) is 16.2 Å². The molecule has 1 aromatic rings. The number of aryl methyl sites for hydroxylation is 2. The molecule has 0 atom stereocenters. The quantitative estimate of drug-likeness (QED) is 0.735. The molecule has 67 valence electrons. The van der Waals surface area contributed by atoms with E-state index < -0.39 is 12.6 Å². The van der Waals surface area contributed by atoms with Crippen LogP contribution in [0.5, 0.6) is 0 Å². The van der Waals surface area contributed by atoms with Crippen molar-refractivity contribution in [3.63, 3.8) is 0 Å². The Bertz CT molecular complexity index is 251. The van der Waals surface area contributed by atoms with Crippen LogP contribution in [0.2, 0.25) is 0 Å². The first-order valence-electron chi connectivity index (χ1n) is 3.47. The summed E-state index contributed by atoms with van der Waals surface area (Å²) in [6.07, 6.45) is -2.54. The molecule has 12 heavy (non-hydrogen) atoms. The van der Waals surface area contributed by atoms with Crippen LogP contribution in [0, 0.1) is 13.1 Å². The smallest absolute Gasteiger partial charge is 0.346 e. The number of H-pyrrole nitrogens is 1. The summed E-state index contributed by atoms with van der Waals surface area (Å²) in [7, 11) is 0. The lowest BCUT2D eigenvalue weighted by Crippen LogP contribution is -2.08. The normalized spacial score (nSPS) is 12.0. The third-order valence-corrected chi connectivity index (χ3v) is 1.35. The minimum absolute atomic E-state index is 0.0790. The van der Waals surface area contributed by atoms with E-state index in [9.17, 15) is 13.2 Å². The van der Waals surface area contributed by atoms with Crippen molar-refractivity contribution >= 4 is 0 Å². The molecule has 0 saturated heterocycles. The monoisotopic (exact) mass is 177 g/mol. The van der Waals surface area contributed by atoms with Crippen LogP contribution in [0.4, 0.5) is 13.2 Å². The van der Waals surface area contributed by atoms with Crippen molar-refractivity contribution in [3.05, 3.63) is 17.7 Å². The van der Waals surface area contributed by atoms with Crippen LogP contribution in [0.3, 0.4) is 0 Å². The number of aromatic amines is 1. The lowest BCUT2D eigenvalue weighted by Gasteiger charge is -2.03. The molecule has 5 heteroatoms. The van der Waals surface area contributed by atoms with Crippen LogP contribution in [-0.2, 0) is 6.42 Å². The van der Waals surface area contributed by atoms with E-state index in [0.717, 1.165) is 0 Å². The minimum atomic E-state index is -4.10. The Morgan fingerprint density at radius 3 is 2.58 bits per heavy atom. The van der Waals surface area contributed by atoms with Gasteiger partial charge in [-0.1, -0.05) is 0 Å². The van der Waals surface area contributed by atoms with Crippen LogP contribution < -0.4 is 0 Å². The van der Waals surface area contributed by atoms with Crippen molar-refractivity contribution in [2.75, 3.05) is 0 Å². The second-order valence-corrected chi connectivity index (χ2v) is 2.53. The molecule has 0 aliphatic carbocycles. The molecule has 1 radical (unpaired) electrons. The number of nitrogens with zero attached hydrogens (tertiary/aromatic N) is 1. The van der Waals surface area contributed by atoms with Crippen molar-refractivity contribution in [3.8, 4) is 0 Å². The van der Waals surface area contributed by atoms with E-state index in [1.807, 2.05) is 0 Å². The Labute approximate surface area is 67.8 Å². The topological polar surface area (TPSA) is 28.7 Å². The first kappa shape index (κ1) is 9.09. The highest BCUT2D eigenvalue weighted by molar-refractivity contribution is 4.98. The third kappa shape index (κ3) is 2.94. The molecule has 1 N–H and O–H groups in total. The van der Waals surface area contributed by atoms with Gasteiger partial charge in [0.2, 0.25) is 0 Å². The Kier molecular flexibility index (Phi) is 2.40. The van der Waals surface area contributed by atoms with E-state index in [0.29, 0.717) is 11.5 Å². The Hall–Kier alpha value is -1.00. The summed E-state index contributed by atoms with van der Waals surface area (Å²) < 4.78 is 35.1. The molecule has 0 aromatic carbocycles. The van der Waals surface area contributed by atoms with Crippen molar-refractivity contribution in [2.24, 2.45) is 0 Å². The maximum absolute atomic E-state index is 11.7. The van der Waals surface area contributed by atoms with Gasteiger partial charge in [-0.25, -0.2) is 4.98 Å². The summed E-state index contributed by atoms with van der Waals surface area (Å²) in [6.45, 7) is 1.67. The number of nitrogens with one attached hydrogen (secondary N) is 1. The van der Waals surface area contributed by atoms with Crippen molar-refractivity contribution in [2.45, 2.75) is 25.9 Å². The van der Waals surface area contributed by atoms with Gasteiger partial charge in [0, 0.05) is 12.1 Å². The number of hydrogen-bond donors (Lipinski definition) is 1. The molecule has 0 bridgehead atoms. The lowest BCUT2D eigenvalue weighted by atomic mass is 10.2. The molecule has 0 aliphatic rings. The zero-order valence-corrected chi connectivity index (χ0v) is 6.50. The van der Waals surface area contributed by atoms with Gasteiger partial charge in [0.1, 0.15) is 12.0 Å². The summed E-state index contributed by atoms with van der Waals surface area (Å²) >= 11 is 0. The molecule has 1 heterocycles. The van der Waals surface area contributed by atoms with Crippen molar-refractivity contribution in [1.82, 2.24) is 9.97 Å². The molecule has 1 aromatic heterocycles. The van der Waals surface area contributed by atoms with Crippen LogP contribution in [-0.4, -0.2) is 16.1 Å². The molecule has 2 nitrogen and oxygen atoms in total. The summed E-state index contributed by atoms with van der Waals surface area (Å²) in [4.78, 5) is 6.35. The zero-order chi connectivity index (χ0) is 9.19. The minimum Gasteiger partial charge on any atom is -0.346 e. The molecule has 0 spiro atoms. The van der Waals surface area contributed by atoms with Crippen molar-refractivity contribution in [1.29, 1.82) is 0 Å². The number of imidazole rings is 1. The number of alkyl halides is 3. The number of aromatic nitrogens is 2. The fraction of sp³-hybridized carbons (Fsp3) is 0.571. The van der Waals surface area contributed by atoms with Gasteiger partial charge < -0.3 is 4.98 Å². The predicted molar refractivity (Wildman–Crippen MR) is 36.5 cm³/mol. The average Bonchev–Trinajstić information content (AvgIpc) is 2.30. The first-order chi connectivity index (χ1) is 5.47. The molecule has 0 fully saturated rings. The summed E-state index contributed by atoms with van der Waals surface area (Å²) in [5.74, 6) is 0.590. The summed E-state index contributed by atoms with van der Waals surface area (Å²) in [6, 6.07) is 0. The highest BCUT2D eigenvalue weighted by atomic mass is 19.4. The molecule has 0 saturated carbocycles. The largest absolute Gasteiger partial charge is 0.389 e. The first-order valence-corrected chi connectivity index (χ1v) is 3.47. The van der Waals surface area contributed by atoms with Gasteiger partial charge in [-0.3, -0.25) is 0 Å². The standard InChI is InChI=1S/C7H8F3N2/c1-5-11-4-6(12-5)2-3-7(8,9)10/h2-3H2,1H3,(H,11,12). The van der Waals surface area contributed by atoms with Gasteiger partial charge in [0.05, 0.1) is 0 Å². The average molecular weight is 177 g/mol. The third-order valence-electron chi connectivity index (χ3n) is 1.35. The SMILES string of the molecule is Cc1n[c]c(CCC(F)(F)F)[nH]1. The predicted octanol–water partition coefficient (Wildman–Crippen LogP) is 2.01. The van der Waals surface area contributed by atoms with Crippen LogP contribution in [0.25, 0.3) is 0 Å². The zero-order valence-electron chi connectivity index (χ0n) is 6.50. The second kappa shape index (κ2) is 3.16. The Balaban J connectivity index is 2.44. The fourth-order valence-electron chi connectivity index (χ4n) is 0.811. The van der Waals surface area contributed by atoms with E-state index >= 15 is 0 Å². The molecular weight excluding hydrogens is 169 g/mol. The van der Waals surface area contributed by atoms with Gasteiger partial charge in [-0.05, 0) is 13.3 Å². The van der Waals surface area contributed by atoms with E-state index in [1.165, 1.54) is 0 Å². The van der Waals surface area contributed by atoms with Gasteiger partial charge in [-0.15, -0.1) is 0 Å². The molecule has 0 amide bonds. The molecular formula is C7H8F3N2. The summed E-state index contributed by atoms with van der Waals surface area (Å²) in [5, 5.41) is 0. The van der Waals surface area contributed by atoms with Crippen LogP contribution >= 0.6 is 0 Å². The Morgan fingerprint density at radius 1 is 1.50 bits per heavy atom.